The molecule has 27 heavy (non-hydrogen) atoms. The maximum absolute atomic E-state index is 6.07. The largest absolute Gasteiger partial charge is 0.375 e. The summed E-state index contributed by atoms with van der Waals surface area (Å²) in [5.74, 6) is 0.0762. The highest BCUT2D eigenvalue weighted by atomic mass is 35.5. The van der Waals surface area contributed by atoms with Gasteiger partial charge in [-0.2, -0.15) is 0 Å². The van der Waals surface area contributed by atoms with Crippen LogP contribution in [-0.2, 0) is 4.84 Å². The minimum Gasteiger partial charge on any atom is -0.375 e. The standard InChI is InChI=1S/C23H19ClN2O/c1-26-22(16-7-3-2-4-8-16)19-10-6-5-9-18(19)20-21(25-27-23(20)26)15-11-13-17(24)14-12-15/h2-14,20,22-23H,1H3/t20-,22+,23+/m1/s1. The van der Waals surface area contributed by atoms with E-state index in [1.807, 2.05) is 24.3 Å². The molecule has 0 amide bonds. The normalized spacial score (nSPS) is 23.9. The Hall–Kier alpha value is -2.62. The number of halogens is 1. The van der Waals surface area contributed by atoms with Crippen LogP contribution in [-0.4, -0.2) is 23.9 Å². The van der Waals surface area contributed by atoms with Gasteiger partial charge in [0.05, 0.1) is 17.7 Å². The van der Waals surface area contributed by atoms with Crippen molar-refractivity contribution in [2.75, 3.05) is 7.05 Å². The first-order valence-corrected chi connectivity index (χ1v) is 9.47. The van der Waals surface area contributed by atoms with E-state index in [1.54, 1.807) is 0 Å². The predicted octanol–water partition coefficient (Wildman–Crippen LogP) is 5.22. The van der Waals surface area contributed by atoms with Crippen LogP contribution in [0.25, 0.3) is 0 Å². The van der Waals surface area contributed by atoms with Gasteiger partial charge in [-0.1, -0.05) is 83.5 Å². The molecule has 0 saturated heterocycles. The maximum Gasteiger partial charge on any atom is 0.194 e. The third kappa shape index (κ3) is 2.66. The summed E-state index contributed by atoms with van der Waals surface area (Å²) < 4.78 is 0. The summed E-state index contributed by atoms with van der Waals surface area (Å²) in [4.78, 5) is 8.24. The van der Waals surface area contributed by atoms with E-state index in [0.29, 0.717) is 0 Å². The van der Waals surface area contributed by atoms with Crippen LogP contribution in [0, 0.1) is 0 Å². The van der Waals surface area contributed by atoms with E-state index < -0.39 is 0 Å². The smallest absolute Gasteiger partial charge is 0.194 e. The molecule has 0 fully saturated rings. The Bertz CT molecular complexity index is 1000. The van der Waals surface area contributed by atoms with E-state index >= 15 is 0 Å². The Balaban J connectivity index is 1.63. The molecule has 134 valence electrons. The minimum absolute atomic E-state index is 0.0762. The lowest BCUT2D eigenvalue weighted by Crippen LogP contribution is -2.45. The molecule has 3 aromatic rings. The second-order valence-corrected chi connectivity index (χ2v) is 7.50. The Morgan fingerprint density at radius 1 is 0.852 bits per heavy atom. The van der Waals surface area contributed by atoms with Gasteiger partial charge >= 0.3 is 0 Å². The van der Waals surface area contributed by atoms with Crippen LogP contribution in [0.5, 0.6) is 0 Å². The first-order valence-electron chi connectivity index (χ1n) is 9.09. The number of hydrogen-bond donors (Lipinski definition) is 0. The molecule has 0 aliphatic carbocycles. The highest BCUT2D eigenvalue weighted by Crippen LogP contribution is 2.46. The molecule has 3 nitrogen and oxygen atoms in total. The molecule has 0 N–H and O–H groups in total. The van der Waals surface area contributed by atoms with E-state index in [0.717, 1.165) is 16.3 Å². The number of nitrogens with zero attached hydrogens (tertiary/aromatic N) is 2. The van der Waals surface area contributed by atoms with Crippen LogP contribution in [0.4, 0.5) is 0 Å². The Morgan fingerprint density at radius 3 is 2.26 bits per heavy atom. The predicted molar refractivity (Wildman–Crippen MR) is 108 cm³/mol. The highest BCUT2D eigenvalue weighted by Gasteiger charge is 2.47. The molecular weight excluding hydrogens is 356 g/mol. The molecule has 0 spiro atoms. The number of benzene rings is 3. The maximum atomic E-state index is 6.07. The fraction of sp³-hybridized carbons (Fsp3) is 0.174. The van der Waals surface area contributed by atoms with Gasteiger partial charge < -0.3 is 4.84 Å². The number of likely N-dealkylation sites (N-methyl/N-ethyl adjacent to an activating group) is 1. The van der Waals surface area contributed by atoms with Gasteiger partial charge in [-0.3, -0.25) is 4.90 Å². The van der Waals surface area contributed by atoms with Crippen LogP contribution in [0.3, 0.4) is 0 Å². The Morgan fingerprint density at radius 2 is 1.52 bits per heavy atom. The van der Waals surface area contributed by atoms with E-state index in [4.69, 9.17) is 16.4 Å². The lowest BCUT2D eigenvalue weighted by Gasteiger charge is -2.41. The fourth-order valence-corrected chi connectivity index (χ4v) is 4.41. The van der Waals surface area contributed by atoms with Crippen molar-refractivity contribution in [1.82, 2.24) is 4.90 Å². The van der Waals surface area contributed by atoms with E-state index in [-0.39, 0.29) is 18.2 Å². The molecule has 3 atom stereocenters. The zero-order valence-electron chi connectivity index (χ0n) is 14.9. The van der Waals surface area contributed by atoms with Crippen molar-refractivity contribution in [3.63, 3.8) is 0 Å². The number of hydrogen-bond acceptors (Lipinski definition) is 3. The van der Waals surface area contributed by atoms with Crippen LogP contribution in [0.15, 0.2) is 84.0 Å². The van der Waals surface area contributed by atoms with Crippen LogP contribution >= 0.6 is 11.6 Å². The summed E-state index contributed by atoms with van der Waals surface area (Å²) in [5, 5.41) is 5.21. The minimum atomic E-state index is -0.129. The van der Waals surface area contributed by atoms with Gasteiger partial charge in [0, 0.05) is 10.6 Å². The summed E-state index contributed by atoms with van der Waals surface area (Å²) >= 11 is 6.07. The number of oxime groups is 1. The molecule has 4 heteroatoms. The van der Waals surface area contributed by atoms with Crippen molar-refractivity contribution in [2.45, 2.75) is 18.2 Å². The lowest BCUT2D eigenvalue weighted by molar-refractivity contribution is -0.0538. The van der Waals surface area contributed by atoms with Gasteiger partial charge in [-0.05, 0) is 35.9 Å². The van der Waals surface area contributed by atoms with E-state index in [2.05, 4.69) is 71.7 Å². The average molecular weight is 375 g/mol. The molecule has 0 aromatic heterocycles. The zero-order chi connectivity index (χ0) is 18.4. The molecular formula is C23H19ClN2O. The van der Waals surface area contributed by atoms with Crippen LogP contribution < -0.4 is 0 Å². The molecule has 0 saturated carbocycles. The average Bonchev–Trinajstić information content (AvgIpc) is 3.15. The highest BCUT2D eigenvalue weighted by molar-refractivity contribution is 6.30. The second kappa shape index (κ2) is 6.52. The van der Waals surface area contributed by atoms with Gasteiger partial charge in [0.2, 0.25) is 0 Å². The van der Waals surface area contributed by atoms with Crippen molar-refractivity contribution < 1.29 is 4.84 Å². The van der Waals surface area contributed by atoms with Crippen molar-refractivity contribution in [1.29, 1.82) is 0 Å². The summed E-state index contributed by atoms with van der Waals surface area (Å²) in [6.45, 7) is 0. The van der Waals surface area contributed by atoms with Crippen LogP contribution in [0.2, 0.25) is 5.02 Å². The summed E-state index contributed by atoms with van der Waals surface area (Å²) in [6, 6.07) is 27.2. The Kier molecular flexibility index (Phi) is 4.00. The van der Waals surface area contributed by atoms with Crippen molar-refractivity contribution in [2.24, 2.45) is 5.16 Å². The third-order valence-corrected chi connectivity index (χ3v) is 5.78. The Labute approximate surface area is 163 Å². The lowest BCUT2D eigenvalue weighted by atomic mass is 9.78. The molecule has 3 aromatic carbocycles. The van der Waals surface area contributed by atoms with E-state index in [1.165, 1.54) is 16.7 Å². The molecule has 0 radical (unpaired) electrons. The van der Waals surface area contributed by atoms with E-state index in [9.17, 15) is 0 Å². The molecule has 5 rings (SSSR count). The van der Waals surface area contributed by atoms with Gasteiger partial charge in [0.15, 0.2) is 6.23 Å². The van der Waals surface area contributed by atoms with Crippen molar-refractivity contribution in [3.05, 3.63) is 106 Å². The van der Waals surface area contributed by atoms with Gasteiger partial charge in [-0.15, -0.1) is 0 Å². The van der Waals surface area contributed by atoms with Crippen molar-refractivity contribution in [3.8, 4) is 0 Å². The molecule has 2 heterocycles. The SMILES string of the molecule is CN1[C@@H](c2ccccc2)c2ccccc2[C@@H]2C(c3ccc(Cl)cc3)=NO[C@@H]21. The number of rotatable bonds is 2. The van der Waals surface area contributed by atoms with Gasteiger partial charge in [-0.25, -0.2) is 0 Å². The topological polar surface area (TPSA) is 24.8 Å². The quantitative estimate of drug-likeness (QED) is 0.614. The summed E-state index contributed by atoms with van der Waals surface area (Å²) in [6.07, 6.45) is -0.129. The number of fused-ring (bicyclic) bond motifs is 3. The van der Waals surface area contributed by atoms with Gasteiger partial charge in [0.1, 0.15) is 0 Å². The first-order chi connectivity index (χ1) is 13.2. The van der Waals surface area contributed by atoms with Gasteiger partial charge in [0.25, 0.3) is 0 Å². The van der Waals surface area contributed by atoms with Crippen LogP contribution in [0.1, 0.15) is 34.2 Å². The van der Waals surface area contributed by atoms with Crippen molar-refractivity contribution >= 4 is 17.3 Å². The third-order valence-electron chi connectivity index (χ3n) is 5.53. The molecule has 0 bridgehead atoms. The molecule has 2 aliphatic heterocycles. The molecule has 0 unspecified atom stereocenters. The second-order valence-electron chi connectivity index (χ2n) is 7.06. The monoisotopic (exact) mass is 374 g/mol. The fourth-order valence-electron chi connectivity index (χ4n) is 4.29. The first kappa shape index (κ1) is 16.5. The summed E-state index contributed by atoms with van der Waals surface area (Å²) in [5.41, 5.74) is 5.85. The zero-order valence-corrected chi connectivity index (χ0v) is 15.7. The molecule has 2 aliphatic rings. The summed E-state index contributed by atoms with van der Waals surface area (Å²) in [7, 11) is 2.12.